The summed E-state index contributed by atoms with van der Waals surface area (Å²) in [6.45, 7) is 1.94. The maximum absolute atomic E-state index is 13.0. The molecule has 23 heavy (non-hydrogen) atoms. The van der Waals surface area contributed by atoms with Gasteiger partial charge >= 0.3 is 0 Å². The highest BCUT2D eigenvalue weighted by atomic mass is 32.1. The molecule has 1 heterocycles. The van der Waals surface area contributed by atoms with Crippen LogP contribution in [0.1, 0.15) is 30.6 Å². The number of carbonyl (C=O) groups is 1. The van der Waals surface area contributed by atoms with Gasteiger partial charge in [-0.05, 0) is 49.9 Å². The van der Waals surface area contributed by atoms with Crippen LogP contribution >= 0.6 is 11.3 Å². The van der Waals surface area contributed by atoms with Crippen molar-refractivity contribution in [3.63, 3.8) is 0 Å². The van der Waals surface area contributed by atoms with E-state index in [0.29, 0.717) is 11.6 Å². The second kappa shape index (κ2) is 6.76. The van der Waals surface area contributed by atoms with Crippen molar-refractivity contribution in [3.8, 4) is 11.3 Å². The Balaban J connectivity index is 1.68. The van der Waals surface area contributed by atoms with Gasteiger partial charge in [0.1, 0.15) is 5.82 Å². The van der Waals surface area contributed by atoms with E-state index >= 15 is 0 Å². The number of anilines is 1. The molecule has 0 unspecified atom stereocenters. The Hall–Kier alpha value is -1.79. The molecular formula is C17H20FN3OS. The lowest BCUT2D eigenvalue weighted by atomic mass is 10.00. The van der Waals surface area contributed by atoms with Crippen LogP contribution in [0.15, 0.2) is 24.3 Å². The minimum Gasteiger partial charge on any atom is -0.327 e. The van der Waals surface area contributed by atoms with E-state index < -0.39 is 0 Å². The van der Waals surface area contributed by atoms with E-state index in [1.54, 1.807) is 12.1 Å². The van der Waals surface area contributed by atoms with Crippen LogP contribution in [0.2, 0.25) is 0 Å². The fourth-order valence-corrected chi connectivity index (χ4v) is 3.90. The van der Waals surface area contributed by atoms with E-state index in [9.17, 15) is 9.18 Å². The second-order valence-electron chi connectivity index (χ2n) is 6.04. The number of nitrogens with two attached hydrogens (primary N) is 1. The van der Waals surface area contributed by atoms with Crippen LogP contribution in [-0.2, 0) is 4.79 Å². The molecule has 3 N–H and O–H groups in total. The van der Waals surface area contributed by atoms with Crippen LogP contribution < -0.4 is 11.1 Å². The number of amides is 1. The summed E-state index contributed by atoms with van der Waals surface area (Å²) in [5, 5.41) is 3.45. The Labute approximate surface area is 138 Å². The van der Waals surface area contributed by atoms with Crippen molar-refractivity contribution in [3.05, 3.63) is 35.0 Å². The highest BCUT2D eigenvalue weighted by Crippen LogP contribution is 2.31. The van der Waals surface area contributed by atoms with Crippen molar-refractivity contribution >= 4 is 22.4 Å². The number of hydrogen-bond acceptors (Lipinski definition) is 4. The zero-order valence-electron chi connectivity index (χ0n) is 13.0. The quantitative estimate of drug-likeness (QED) is 0.896. The molecule has 1 aliphatic carbocycles. The Morgan fingerprint density at radius 1 is 1.39 bits per heavy atom. The third kappa shape index (κ3) is 3.76. The van der Waals surface area contributed by atoms with Crippen molar-refractivity contribution < 1.29 is 9.18 Å². The summed E-state index contributed by atoms with van der Waals surface area (Å²) < 4.78 is 13.0. The molecule has 122 valence electrons. The zero-order valence-corrected chi connectivity index (χ0v) is 13.8. The molecule has 2 aromatic rings. The summed E-state index contributed by atoms with van der Waals surface area (Å²) in [6, 6.07) is 6.34. The normalized spacial score (nSPS) is 20.7. The Morgan fingerprint density at radius 2 is 2.13 bits per heavy atom. The molecule has 0 spiro atoms. The number of aryl methyl sites for hydroxylation is 1. The molecule has 1 saturated carbocycles. The molecule has 4 nitrogen and oxygen atoms in total. The highest BCUT2D eigenvalue weighted by Gasteiger charge is 2.26. The Kier molecular flexibility index (Phi) is 4.73. The number of halogens is 1. The van der Waals surface area contributed by atoms with Gasteiger partial charge in [-0.2, -0.15) is 0 Å². The van der Waals surface area contributed by atoms with Gasteiger partial charge in [0.05, 0.1) is 5.69 Å². The largest absolute Gasteiger partial charge is 0.327 e. The van der Waals surface area contributed by atoms with Gasteiger partial charge in [0.2, 0.25) is 5.91 Å². The lowest BCUT2D eigenvalue weighted by molar-refractivity contribution is -0.117. The molecule has 2 atom stereocenters. The molecule has 3 rings (SSSR count). The van der Waals surface area contributed by atoms with Crippen LogP contribution in [0.3, 0.4) is 0 Å². The predicted molar refractivity (Wildman–Crippen MR) is 90.8 cm³/mol. The van der Waals surface area contributed by atoms with Crippen LogP contribution in [0.25, 0.3) is 11.3 Å². The number of benzene rings is 1. The number of rotatable bonds is 4. The minimum atomic E-state index is -0.275. The number of hydrogen-bond donors (Lipinski definition) is 2. The number of nitrogens with zero attached hydrogens (tertiary/aromatic N) is 1. The number of aromatic nitrogens is 1. The topological polar surface area (TPSA) is 68.0 Å². The molecule has 1 aromatic carbocycles. The monoisotopic (exact) mass is 333 g/mol. The van der Waals surface area contributed by atoms with Gasteiger partial charge in [-0.25, -0.2) is 9.37 Å². The first-order chi connectivity index (χ1) is 11.0. The van der Waals surface area contributed by atoms with Crippen LogP contribution in [0, 0.1) is 18.7 Å². The summed E-state index contributed by atoms with van der Waals surface area (Å²) >= 11 is 1.43. The molecule has 0 bridgehead atoms. The van der Waals surface area contributed by atoms with E-state index in [1.165, 1.54) is 23.5 Å². The van der Waals surface area contributed by atoms with Crippen LogP contribution in [0.5, 0.6) is 0 Å². The standard InChI is InChI=1S/C17H20FN3OS/c1-10-16(11-5-7-13(18)8-6-11)21-17(23-10)20-15(22)9-12-3-2-4-14(12)19/h5-8,12,14H,2-4,9,19H2,1H3,(H,20,21,22)/t12-,14+/m0/s1. The van der Waals surface area contributed by atoms with Crippen molar-refractivity contribution in [2.75, 3.05) is 5.32 Å². The summed E-state index contributed by atoms with van der Waals surface area (Å²) in [6.07, 6.45) is 3.57. The first kappa shape index (κ1) is 16.1. The summed E-state index contributed by atoms with van der Waals surface area (Å²) in [5.41, 5.74) is 7.64. The molecule has 1 aromatic heterocycles. The van der Waals surface area contributed by atoms with Gasteiger partial charge < -0.3 is 11.1 Å². The second-order valence-corrected chi connectivity index (χ2v) is 7.24. The molecule has 1 amide bonds. The number of nitrogens with one attached hydrogen (secondary N) is 1. The summed E-state index contributed by atoms with van der Waals surface area (Å²) in [4.78, 5) is 17.6. The number of thiazole rings is 1. The highest BCUT2D eigenvalue weighted by molar-refractivity contribution is 7.16. The summed E-state index contributed by atoms with van der Waals surface area (Å²) in [5.74, 6) is -0.0394. The minimum absolute atomic E-state index is 0.0354. The van der Waals surface area contributed by atoms with Crippen LogP contribution in [-0.4, -0.2) is 16.9 Å². The van der Waals surface area contributed by atoms with Gasteiger partial charge in [-0.15, -0.1) is 11.3 Å². The van der Waals surface area contributed by atoms with E-state index in [-0.39, 0.29) is 23.7 Å². The predicted octanol–water partition coefficient (Wildman–Crippen LogP) is 3.71. The number of carbonyl (C=O) groups excluding carboxylic acids is 1. The van der Waals surface area contributed by atoms with Gasteiger partial charge in [0, 0.05) is 22.9 Å². The van der Waals surface area contributed by atoms with Gasteiger partial charge in [0.15, 0.2) is 5.13 Å². The third-order valence-corrected chi connectivity index (χ3v) is 5.21. The summed E-state index contributed by atoms with van der Waals surface area (Å²) in [7, 11) is 0. The van der Waals surface area contributed by atoms with Crippen molar-refractivity contribution in [1.82, 2.24) is 4.98 Å². The van der Waals surface area contributed by atoms with Gasteiger partial charge in [-0.1, -0.05) is 6.42 Å². The zero-order chi connectivity index (χ0) is 16.4. The first-order valence-corrected chi connectivity index (χ1v) is 8.63. The first-order valence-electron chi connectivity index (χ1n) is 7.81. The SMILES string of the molecule is Cc1sc(NC(=O)C[C@@H]2CCC[C@H]2N)nc1-c1ccc(F)cc1. The molecule has 1 aliphatic rings. The Morgan fingerprint density at radius 3 is 2.78 bits per heavy atom. The van der Waals surface area contributed by atoms with Crippen molar-refractivity contribution in [1.29, 1.82) is 0 Å². The van der Waals surface area contributed by atoms with Crippen LogP contribution in [0.4, 0.5) is 9.52 Å². The van der Waals surface area contributed by atoms with E-state index in [0.717, 1.165) is 35.4 Å². The van der Waals surface area contributed by atoms with E-state index in [2.05, 4.69) is 10.3 Å². The lowest BCUT2D eigenvalue weighted by Crippen LogP contribution is -2.28. The molecule has 0 aliphatic heterocycles. The lowest BCUT2D eigenvalue weighted by Gasteiger charge is -2.13. The molecule has 0 radical (unpaired) electrons. The fraction of sp³-hybridized carbons (Fsp3) is 0.412. The smallest absolute Gasteiger partial charge is 0.226 e. The Bertz CT molecular complexity index is 698. The van der Waals surface area contributed by atoms with Gasteiger partial charge in [0.25, 0.3) is 0 Å². The van der Waals surface area contributed by atoms with Crippen molar-refractivity contribution in [2.24, 2.45) is 11.7 Å². The van der Waals surface area contributed by atoms with Gasteiger partial charge in [-0.3, -0.25) is 4.79 Å². The maximum atomic E-state index is 13.0. The fourth-order valence-electron chi connectivity index (χ4n) is 3.05. The third-order valence-electron chi connectivity index (χ3n) is 4.33. The van der Waals surface area contributed by atoms with Crippen molar-refractivity contribution in [2.45, 2.75) is 38.6 Å². The molecule has 1 fully saturated rings. The average Bonchev–Trinajstić information content (AvgIpc) is 3.06. The van der Waals surface area contributed by atoms with E-state index in [4.69, 9.17) is 5.73 Å². The average molecular weight is 333 g/mol. The van der Waals surface area contributed by atoms with E-state index in [1.807, 2.05) is 6.92 Å². The molecule has 6 heteroatoms. The molecule has 0 saturated heterocycles. The molecular weight excluding hydrogens is 313 g/mol. The maximum Gasteiger partial charge on any atom is 0.226 e.